The number of nitrogens with one attached hydrogen (secondary N) is 1. The largest absolute Gasteiger partial charge is 0.464 e. The number of anilines is 2. The molecule has 0 bridgehead atoms. The van der Waals surface area contributed by atoms with Gasteiger partial charge < -0.3 is 19.5 Å². The van der Waals surface area contributed by atoms with Crippen LogP contribution in [0.25, 0.3) is 11.1 Å². The molecule has 3 aromatic rings. The number of furan rings is 1. The fourth-order valence-electron chi connectivity index (χ4n) is 2.22. The third kappa shape index (κ3) is 2.16. The van der Waals surface area contributed by atoms with Crippen LogP contribution in [0, 0.1) is 6.92 Å². The lowest BCUT2D eigenvalue weighted by molar-refractivity contribution is 0.482. The number of hydrogen-bond acceptors (Lipinski definition) is 5. The van der Waals surface area contributed by atoms with Crippen molar-refractivity contribution in [1.29, 1.82) is 0 Å². The first-order valence-electron chi connectivity index (χ1n) is 6.22. The molecule has 20 heavy (non-hydrogen) atoms. The van der Waals surface area contributed by atoms with Crippen LogP contribution in [0.1, 0.15) is 11.5 Å². The molecular weight excluding hydrogens is 258 g/mol. The second kappa shape index (κ2) is 4.48. The molecule has 0 aliphatic rings. The topological polar surface area (TPSA) is 88.4 Å². The van der Waals surface area contributed by atoms with Gasteiger partial charge in [0, 0.05) is 13.1 Å². The number of rotatable bonds is 3. The zero-order valence-corrected chi connectivity index (χ0v) is 11.3. The van der Waals surface area contributed by atoms with Crippen LogP contribution < -0.4 is 16.4 Å². The minimum absolute atomic E-state index is 0.457. The average Bonchev–Trinajstić information content (AvgIpc) is 2.93. The predicted molar refractivity (Wildman–Crippen MR) is 76.8 cm³/mol. The molecule has 0 unspecified atom stereocenters. The molecular formula is C14H15N3O3. The fraction of sp³-hybridized carbons (Fsp3) is 0.214. The SMILES string of the molecule is Cc1ccc(CN(C)c2cc3[nH]c(=O)oc3cc2N)o1. The highest BCUT2D eigenvalue weighted by Crippen LogP contribution is 2.28. The van der Waals surface area contributed by atoms with Crippen LogP contribution in [0.2, 0.25) is 0 Å². The number of nitrogens with zero attached hydrogens (tertiary/aromatic N) is 1. The molecule has 0 fully saturated rings. The molecule has 0 aliphatic heterocycles. The third-order valence-corrected chi connectivity index (χ3v) is 3.17. The molecule has 1 aromatic carbocycles. The van der Waals surface area contributed by atoms with E-state index in [1.807, 2.05) is 31.0 Å². The monoisotopic (exact) mass is 273 g/mol. The molecule has 2 heterocycles. The summed E-state index contributed by atoms with van der Waals surface area (Å²) in [6.45, 7) is 2.49. The zero-order valence-electron chi connectivity index (χ0n) is 11.3. The molecule has 3 rings (SSSR count). The number of nitrogen functional groups attached to an aromatic ring is 1. The van der Waals surface area contributed by atoms with Gasteiger partial charge in [-0.25, -0.2) is 4.79 Å². The molecule has 0 saturated carbocycles. The molecule has 3 N–H and O–H groups in total. The van der Waals surface area contributed by atoms with Crippen LogP contribution >= 0.6 is 0 Å². The van der Waals surface area contributed by atoms with E-state index in [4.69, 9.17) is 14.6 Å². The van der Waals surface area contributed by atoms with Crippen molar-refractivity contribution in [1.82, 2.24) is 4.98 Å². The van der Waals surface area contributed by atoms with E-state index in [1.165, 1.54) is 0 Å². The number of aromatic nitrogens is 1. The second-order valence-electron chi connectivity index (χ2n) is 4.79. The van der Waals surface area contributed by atoms with Crippen LogP contribution in [0.15, 0.2) is 37.9 Å². The van der Waals surface area contributed by atoms with E-state index in [0.29, 0.717) is 23.3 Å². The van der Waals surface area contributed by atoms with Gasteiger partial charge in [-0.1, -0.05) is 0 Å². The Bertz CT molecular complexity index is 813. The summed E-state index contributed by atoms with van der Waals surface area (Å²) in [6, 6.07) is 7.29. The van der Waals surface area contributed by atoms with Gasteiger partial charge in [0.1, 0.15) is 11.5 Å². The number of hydrogen-bond donors (Lipinski definition) is 2. The summed E-state index contributed by atoms with van der Waals surface area (Å²) in [6.07, 6.45) is 0. The average molecular weight is 273 g/mol. The van der Waals surface area contributed by atoms with E-state index >= 15 is 0 Å². The van der Waals surface area contributed by atoms with Gasteiger partial charge in [-0.05, 0) is 25.1 Å². The molecule has 0 amide bonds. The molecule has 6 heteroatoms. The second-order valence-corrected chi connectivity index (χ2v) is 4.79. The molecule has 0 saturated heterocycles. The summed E-state index contributed by atoms with van der Waals surface area (Å²) in [5, 5.41) is 0. The lowest BCUT2D eigenvalue weighted by Gasteiger charge is -2.19. The molecule has 104 valence electrons. The van der Waals surface area contributed by atoms with Gasteiger partial charge >= 0.3 is 5.76 Å². The van der Waals surface area contributed by atoms with Crippen molar-refractivity contribution in [2.45, 2.75) is 13.5 Å². The number of nitrogens with two attached hydrogens (primary N) is 1. The van der Waals surface area contributed by atoms with Gasteiger partial charge in [0.05, 0.1) is 23.4 Å². The van der Waals surface area contributed by atoms with Crippen molar-refractivity contribution in [2.24, 2.45) is 0 Å². The number of aromatic amines is 1. The third-order valence-electron chi connectivity index (χ3n) is 3.17. The smallest absolute Gasteiger partial charge is 0.417 e. The maximum Gasteiger partial charge on any atom is 0.417 e. The Labute approximate surface area is 114 Å². The van der Waals surface area contributed by atoms with Gasteiger partial charge in [-0.3, -0.25) is 4.98 Å². The van der Waals surface area contributed by atoms with E-state index in [2.05, 4.69) is 4.98 Å². The predicted octanol–water partition coefficient (Wildman–Crippen LogP) is 2.24. The molecule has 6 nitrogen and oxygen atoms in total. The van der Waals surface area contributed by atoms with Crippen molar-refractivity contribution in [3.05, 3.63) is 46.3 Å². The van der Waals surface area contributed by atoms with Crippen LogP contribution in [0.3, 0.4) is 0 Å². The fourth-order valence-corrected chi connectivity index (χ4v) is 2.22. The summed E-state index contributed by atoms with van der Waals surface area (Å²) in [7, 11) is 1.91. The zero-order chi connectivity index (χ0) is 14.3. The Hall–Kier alpha value is -2.63. The Balaban J connectivity index is 1.95. The van der Waals surface area contributed by atoms with Gasteiger partial charge in [-0.15, -0.1) is 0 Å². The van der Waals surface area contributed by atoms with E-state index in [-0.39, 0.29) is 0 Å². The first-order chi connectivity index (χ1) is 9.52. The Morgan fingerprint density at radius 3 is 2.80 bits per heavy atom. The van der Waals surface area contributed by atoms with Gasteiger partial charge in [0.15, 0.2) is 5.58 Å². The van der Waals surface area contributed by atoms with Crippen LogP contribution in [0.4, 0.5) is 11.4 Å². The maximum absolute atomic E-state index is 11.2. The summed E-state index contributed by atoms with van der Waals surface area (Å²) in [4.78, 5) is 15.8. The number of fused-ring (bicyclic) bond motifs is 1. The highest BCUT2D eigenvalue weighted by molar-refractivity contribution is 5.85. The number of aryl methyl sites for hydroxylation is 1. The number of oxazole rings is 1. The van der Waals surface area contributed by atoms with Crippen molar-refractivity contribution in [2.75, 3.05) is 17.7 Å². The normalized spacial score (nSPS) is 11.1. The van der Waals surface area contributed by atoms with E-state index < -0.39 is 5.76 Å². The Morgan fingerprint density at radius 1 is 1.30 bits per heavy atom. The van der Waals surface area contributed by atoms with E-state index in [1.54, 1.807) is 12.1 Å². The van der Waals surface area contributed by atoms with Crippen molar-refractivity contribution < 1.29 is 8.83 Å². The van der Waals surface area contributed by atoms with Crippen LogP contribution in [-0.4, -0.2) is 12.0 Å². The minimum atomic E-state index is -0.485. The van der Waals surface area contributed by atoms with Crippen molar-refractivity contribution in [3.63, 3.8) is 0 Å². The maximum atomic E-state index is 11.2. The highest BCUT2D eigenvalue weighted by Gasteiger charge is 2.12. The standard InChI is InChI=1S/C14H15N3O3/c1-8-3-4-9(19-8)7-17(2)12-6-11-13(5-10(12)15)20-14(18)16-11/h3-6H,7,15H2,1-2H3,(H,16,18). The Kier molecular flexibility index (Phi) is 2.78. The number of H-pyrrole nitrogens is 1. The molecule has 0 aliphatic carbocycles. The summed E-state index contributed by atoms with van der Waals surface area (Å²) in [5.41, 5.74) is 8.45. The van der Waals surface area contributed by atoms with Crippen LogP contribution in [0.5, 0.6) is 0 Å². The van der Waals surface area contributed by atoms with E-state index in [9.17, 15) is 4.79 Å². The number of benzene rings is 1. The highest BCUT2D eigenvalue weighted by atomic mass is 16.4. The minimum Gasteiger partial charge on any atom is -0.464 e. The van der Waals surface area contributed by atoms with Crippen molar-refractivity contribution in [3.8, 4) is 0 Å². The lowest BCUT2D eigenvalue weighted by atomic mass is 10.2. The van der Waals surface area contributed by atoms with Gasteiger partial charge in [0.2, 0.25) is 0 Å². The first kappa shape index (κ1) is 12.4. The van der Waals surface area contributed by atoms with Crippen molar-refractivity contribution >= 4 is 22.5 Å². The first-order valence-corrected chi connectivity index (χ1v) is 6.22. The molecule has 2 aromatic heterocycles. The summed E-state index contributed by atoms with van der Waals surface area (Å²) >= 11 is 0. The van der Waals surface area contributed by atoms with Crippen LogP contribution in [-0.2, 0) is 6.54 Å². The molecule has 0 atom stereocenters. The van der Waals surface area contributed by atoms with Gasteiger partial charge in [0.25, 0.3) is 0 Å². The summed E-state index contributed by atoms with van der Waals surface area (Å²) < 4.78 is 10.5. The molecule has 0 spiro atoms. The van der Waals surface area contributed by atoms with Gasteiger partial charge in [-0.2, -0.15) is 0 Å². The lowest BCUT2D eigenvalue weighted by Crippen LogP contribution is -2.17. The summed E-state index contributed by atoms with van der Waals surface area (Å²) in [5.74, 6) is 1.24. The quantitative estimate of drug-likeness (QED) is 0.714. The molecule has 0 radical (unpaired) electrons. The Morgan fingerprint density at radius 2 is 2.10 bits per heavy atom. The van der Waals surface area contributed by atoms with E-state index in [0.717, 1.165) is 17.2 Å².